The minimum absolute atomic E-state index is 0.269. The van der Waals surface area contributed by atoms with Crippen LogP contribution in [0.4, 0.5) is 0 Å². The van der Waals surface area contributed by atoms with E-state index in [4.69, 9.17) is 46.4 Å². The summed E-state index contributed by atoms with van der Waals surface area (Å²) in [6, 6.07) is 0. The van der Waals surface area contributed by atoms with Crippen LogP contribution in [0.5, 0.6) is 0 Å². The zero-order valence-electron chi connectivity index (χ0n) is 4.30. The molecule has 0 aliphatic heterocycles. The van der Waals surface area contributed by atoms with Gasteiger partial charge in [-0.25, -0.2) is 0 Å². The number of hydrogen-bond acceptors (Lipinski definition) is 0. The molecule has 0 aliphatic carbocycles. The summed E-state index contributed by atoms with van der Waals surface area (Å²) < 4.78 is -0.913. The van der Waals surface area contributed by atoms with Crippen molar-refractivity contribution in [3.63, 3.8) is 0 Å². The summed E-state index contributed by atoms with van der Waals surface area (Å²) in [6.45, 7) is 1.61. The Kier molecular flexibility index (Phi) is 3.85. The second-order valence-electron chi connectivity index (χ2n) is 1.58. The van der Waals surface area contributed by atoms with Crippen LogP contribution in [0.2, 0.25) is 0 Å². The molecule has 0 fully saturated rings. The number of alkyl halides is 4. The predicted octanol–water partition coefficient (Wildman–Crippen LogP) is 3.03. The second-order valence-corrected chi connectivity index (χ2v) is 4.18. The van der Waals surface area contributed by atoms with Gasteiger partial charge >= 0.3 is 0 Å². The molecule has 0 amide bonds. The Morgan fingerprint density at radius 1 is 1.50 bits per heavy atom. The molecule has 0 aromatic heterocycles. The van der Waals surface area contributed by atoms with Gasteiger partial charge in [0.2, 0.25) is 0 Å². The maximum Gasteiger partial charge on any atom is 0.132 e. The van der Waals surface area contributed by atoms with Gasteiger partial charge in [-0.2, -0.15) is 0 Å². The van der Waals surface area contributed by atoms with Crippen molar-refractivity contribution in [3.05, 3.63) is 0 Å². The first-order chi connectivity index (χ1) is 3.48. The van der Waals surface area contributed by atoms with E-state index in [2.05, 4.69) is 0 Å². The van der Waals surface area contributed by atoms with Crippen LogP contribution in [0.1, 0.15) is 6.92 Å². The average molecular weight is 196 g/mol. The molecule has 0 N–H and O–H groups in total. The van der Waals surface area contributed by atoms with Crippen LogP contribution < -0.4 is 0 Å². The van der Waals surface area contributed by atoms with E-state index in [9.17, 15) is 0 Å². The van der Waals surface area contributed by atoms with Gasteiger partial charge in [0, 0.05) is 5.88 Å². The third-order valence-corrected chi connectivity index (χ3v) is 2.49. The lowest BCUT2D eigenvalue weighted by Gasteiger charge is -2.16. The lowest BCUT2D eigenvalue weighted by Crippen LogP contribution is -2.23. The summed E-state index contributed by atoms with van der Waals surface area (Å²) in [4.78, 5) is 0. The van der Waals surface area contributed by atoms with E-state index in [0.29, 0.717) is 0 Å². The highest BCUT2D eigenvalue weighted by atomic mass is 35.5. The molecule has 0 saturated carbocycles. The van der Waals surface area contributed by atoms with E-state index in [1.165, 1.54) is 0 Å². The summed E-state index contributed by atoms with van der Waals surface area (Å²) in [5, 5.41) is -0.382. The number of rotatable bonds is 2. The number of halogens is 4. The van der Waals surface area contributed by atoms with Crippen molar-refractivity contribution in [2.24, 2.45) is 0 Å². The van der Waals surface area contributed by atoms with Crippen LogP contribution in [0, 0.1) is 0 Å². The molecule has 0 bridgehead atoms. The molecule has 0 aromatic rings. The Morgan fingerprint density at radius 3 is 1.88 bits per heavy atom. The normalized spacial score (nSPS) is 16.1. The van der Waals surface area contributed by atoms with Crippen LogP contribution in [0.25, 0.3) is 0 Å². The van der Waals surface area contributed by atoms with E-state index in [1.54, 1.807) is 6.92 Å². The first kappa shape index (κ1) is 9.16. The van der Waals surface area contributed by atoms with Gasteiger partial charge < -0.3 is 0 Å². The summed E-state index contributed by atoms with van der Waals surface area (Å²) >= 11 is 21.9. The van der Waals surface area contributed by atoms with E-state index < -0.39 is 4.33 Å². The highest BCUT2D eigenvalue weighted by molar-refractivity contribution is 6.52. The molecule has 0 spiro atoms. The molecular formula is C4H6Cl4. The monoisotopic (exact) mass is 194 g/mol. The molecule has 50 valence electrons. The fraction of sp³-hybridized carbons (Fsp3) is 1.00. The molecule has 1 unspecified atom stereocenters. The molecule has 0 rings (SSSR count). The van der Waals surface area contributed by atoms with Crippen LogP contribution in [-0.4, -0.2) is 15.6 Å². The van der Waals surface area contributed by atoms with Crippen molar-refractivity contribution >= 4 is 46.4 Å². The van der Waals surface area contributed by atoms with Gasteiger partial charge in [-0.15, -0.1) is 46.4 Å². The average Bonchev–Trinajstić information content (AvgIpc) is 1.62. The molecule has 0 nitrogen and oxygen atoms in total. The summed E-state index contributed by atoms with van der Waals surface area (Å²) in [7, 11) is 0. The van der Waals surface area contributed by atoms with Gasteiger partial charge in [0.05, 0.1) is 5.38 Å². The molecule has 0 aromatic carbocycles. The topological polar surface area (TPSA) is 0 Å². The Morgan fingerprint density at radius 2 is 1.88 bits per heavy atom. The Bertz CT molecular complexity index is 64.9. The van der Waals surface area contributed by atoms with Crippen LogP contribution in [0.3, 0.4) is 0 Å². The lowest BCUT2D eigenvalue weighted by atomic mass is 10.3. The smallest absolute Gasteiger partial charge is 0.125 e. The zero-order valence-corrected chi connectivity index (χ0v) is 7.32. The third-order valence-electron chi connectivity index (χ3n) is 0.685. The maximum atomic E-state index is 5.55. The largest absolute Gasteiger partial charge is 0.132 e. The quantitative estimate of drug-likeness (QED) is 0.595. The predicted molar refractivity (Wildman–Crippen MR) is 40.5 cm³/mol. The van der Waals surface area contributed by atoms with Crippen LogP contribution >= 0.6 is 46.4 Å². The fourth-order valence-corrected chi connectivity index (χ4v) is 0.756. The summed E-state index contributed by atoms with van der Waals surface area (Å²) in [5.41, 5.74) is 0. The molecule has 8 heavy (non-hydrogen) atoms. The van der Waals surface area contributed by atoms with E-state index in [1.807, 2.05) is 0 Å². The summed E-state index contributed by atoms with van der Waals surface area (Å²) in [6.07, 6.45) is 0. The van der Waals surface area contributed by atoms with Crippen molar-refractivity contribution < 1.29 is 0 Å². The lowest BCUT2D eigenvalue weighted by molar-refractivity contribution is 0.836. The first-order valence-corrected chi connectivity index (χ1v) is 3.79. The molecular weight excluding hydrogens is 190 g/mol. The molecule has 0 aliphatic rings. The van der Waals surface area contributed by atoms with Crippen LogP contribution in [-0.2, 0) is 0 Å². The van der Waals surface area contributed by atoms with Gasteiger partial charge in [0.1, 0.15) is 4.33 Å². The molecule has 0 heterocycles. The maximum absolute atomic E-state index is 5.55. The number of hydrogen-bond donors (Lipinski definition) is 0. The second kappa shape index (κ2) is 3.36. The van der Waals surface area contributed by atoms with Crippen molar-refractivity contribution in [2.75, 3.05) is 5.88 Å². The fourth-order valence-electron chi connectivity index (χ4n) is 0.135. The summed E-state index contributed by atoms with van der Waals surface area (Å²) in [5.74, 6) is 0.269. The molecule has 1 atom stereocenters. The molecule has 0 radical (unpaired) electrons. The van der Waals surface area contributed by atoms with E-state index in [-0.39, 0.29) is 11.3 Å². The standard InChI is InChI=1S/C4H6Cl4/c1-4(7,8)3(6)2-5/h3H,2H2,1H3. The third kappa shape index (κ3) is 3.24. The Labute approximate surface area is 69.0 Å². The van der Waals surface area contributed by atoms with Gasteiger partial charge in [0.15, 0.2) is 0 Å². The van der Waals surface area contributed by atoms with Gasteiger partial charge in [-0.3, -0.25) is 0 Å². The van der Waals surface area contributed by atoms with Crippen LogP contribution in [0.15, 0.2) is 0 Å². The highest BCUT2D eigenvalue weighted by Crippen LogP contribution is 2.28. The minimum Gasteiger partial charge on any atom is -0.125 e. The SMILES string of the molecule is CC(Cl)(Cl)C(Cl)CCl. The zero-order chi connectivity index (χ0) is 6.78. The Balaban J connectivity index is 3.62. The van der Waals surface area contributed by atoms with E-state index in [0.717, 1.165) is 0 Å². The van der Waals surface area contributed by atoms with E-state index >= 15 is 0 Å². The highest BCUT2D eigenvalue weighted by Gasteiger charge is 2.26. The first-order valence-electron chi connectivity index (χ1n) is 2.06. The van der Waals surface area contributed by atoms with Gasteiger partial charge in [-0.05, 0) is 6.92 Å². The van der Waals surface area contributed by atoms with Crippen molar-refractivity contribution in [1.29, 1.82) is 0 Å². The van der Waals surface area contributed by atoms with Gasteiger partial charge in [-0.1, -0.05) is 0 Å². The molecule has 4 heteroatoms. The van der Waals surface area contributed by atoms with Crippen molar-refractivity contribution in [2.45, 2.75) is 16.6 Å². The van der Waals surface area contributed by atoms with Crippen molar-refractivity contribution in [3.8, 4) is 0 Å². The minimum atomic E-state index is -0.913. The Hall–Kier alpha value is 1.16. The molecule has 0 saturated heterocycles. The van der Waals surface area contributed by atoms with Gasteiger partial charge in [0.25, 0.3) is 0 Å². The van der Waals surface area contributed by atoms with Crippen molar-refractivity contribution in [1.82, 2.24) is 0 Å².